The molecule has 0 aromatic heterocycles. The number of Topliss-reactive ketones (excluding diaryl/α,β-unsaturated/α-hetero) is 1. The van der Waals surface area contributed by atoms with Crippen molar-refractivity contribution in [2.75, 3.05) is 13.7 Å². The first-order chi connectivity index (χ1) is 11.2. The summed E-state index contributed by atoms with van der Waals surface area (Å²) < 4.78 is 4.99. The molecule has 24 heavy (non-hydrogen) atoms. The summed E-state index contributed by atoms with van der Waals surface area (Å²) in [4.78, 5) is 35.3. The number of methoxy groups -OCH3 is 1. The number of hydrogen-bond acceptors (Lipinski definition) is 4. The Bertz CT molecular complexity index is 626. The van der Waals surface area contributed by atoms with Crippen LogP contribution in [-0.4, -0.2) is 42.0 Å². The maximum absolute atomic E-state index is 12.3. The van der Waals surface area contributed by atoms with Gasteiger partial charge in [-0.2, -0.15) is 0 Å². The number of nitrogens with one attached hydrogen (secondary N) is 1. The van der Waals surface area contributed by atoms with E-state index in [0.717, 1.165) is 11.1 Å². The minimum absolute atomic E-state index is 0.00510. The number of aryl methyl sites for hydroxylation is 2. The van der Waals surface area contributed by atoms with E-state index >= 15 is 0 Å². The molecule has 0 bridgehead atoms. The summed E-state index contributed by atoms with van der Waals surface area (Å²) in [5, 5.41) is 11.6. The molecule has 0 fully saturated rings. The van der Waals surface area contributed by atoms with Gasteiger partial charge in [0, 0.05) is 25.5 Å². The summed E-state index contributed by atoms with van der Waals surface area (Å²) in [7, 11) is 1.44. The number of ketones is 1. The molecule has 1 amide bonds. The second-order valence-electron chi connectivity index (χ2n) is 6.35. The highest BCUT2D eigenvalue weighted by atomic mass is 16.5. The highest BCUT2D eigenvalue weighted by Crippen LogP contribution is 2.15. The van der Waals surface area contributed by atoms with E-state index in [4.69, 9.17) is 9.84 Å². The Morgan fingerprint density at radius 1 is 1.21 bits per heavy atom. The fourth-order valence-electron chi connectivity index (χ4n) is 2.58. The van der Waals surface area contributed by atoms with Crippen LogP contribution in [-0.2, 0) is 14.3 Å². The Balaban J connectivity index is 2.66. The van der Waals surface area contributed by atoms with E-state index in [-0.39, 0.29) is 37.6 Å². The summed E-state index contributed by atoms with van der Waals surface area (Å²) in [6, 6.07) is 5.63. The summed E-state index contributed by atoms with van der Waals surface area (Å²) in [6.45, 7) is 5.45. The minimum Gasteiger partial charge on any atom is -0.481 e. The molecule has 0 aliphatic rings. The van der Waals surface area contributed by atoms with E-state index < -0.39 is 11.5 Å². The number of carbonyl (C=O) groups is 3. The maximum Gasteiger partial charge on any atom is 0.305 e. The number of ether oxygens (including phenoxy) is 1. The van der Waals surface area contributed by atoms with Gasteiger partial charge in [-0.1, -0.05) is 17.7 Å². The Morgan fingerprint density at radius 3 is 2.46 bits per heavy atom. The van der Waals surface area contributed by atoms with Crippen LogP contribution in [0.5, 0.6) is 0 Å². The first kappa shape index (κ1) is 19.8. The molecule has 1 atom stereocenters. The van der Waals surface area contributed by atoms with Gasteiger partial charge in [-0.3, -0.25) is 14.4 Å². The van der Waals surface area contributed by atoms with Crippen molar-refractivity contribution in [2.45, 2.75) is 45.6 Å². The monoisotopic (exact) mass is 335 g/mol. The zero-order valence-electron chi connectivity index (χ0n) is 14.6. The molecule has 0 radical (unpaired) electrons. The lowest BCUT2D eigenvalue weighted by Crippen LogP contribution is -2.50. The topological polar surface area (TPSA) is 92.7 Å². The van der Waals surface area contributed by atoms with Crippen LogP contribution < -0.4 is 5.32 Å². The quantitative estimate of drug-likeness (QED) is 0.675. The molecule has 2 N–H and O–H groups in total. The maximum atomic E-state index is 12.3. The molecule has 0 aliphatic carbocycles. The third-order valence-corrected chi connectivity index (χ3v) is 3.72. The minimum atomic E-state index is -1.03. The standard InChI is InChI=1S/C18H25NO5/c1-12-5-6-13(2)14(9-12)15(20)7-8-16(21)19-18(3,11-24-4)10-17(22)23/h5-6,9H,7-8,10-11H2,1-4H3,(H,19,21)(H,22,23). The van der Waals surface area contributed by atoms with Gasteiger partial charge in [0.2, 0.25) is 5.91 Å². The number of carboxylic acid groups (broad SMARTS) is 1. The van der Waals surface area contributed by atoms with Gasteiger partial charge < -0.3 is 15.2 Å². The van der Waals surface area contributed by atoms with Gasteiger partial charge in [0.25, 0.3) is 0 Å². The lowest BCUT2D eigenvalue weighted by atomic mass is 9.97. The van der Waals surface area contributed by atoms with Crippen molar-refractivity contribution in [1.29, 1.82) is 0 Å². The number of aliphatic carboxylic acids is 1. The summed E-state index contributed by atoms with van der Waals surface area (Å²) >= 11 is 0. The third kappa shape index (κ3) is 6.12. The van der Waals surface area contributed by atoms with Gasteiger partial charge in [0.1, 0.15) is 0 Å². The van der Waals surface area contributed by atoms with Crippen molar-refractivity contribution in [3.8, 4) is 0 Å². The Morgan fingerprint density at radius 2 is 1.88 bits per heavy atom. The van der Waals surface area contributed by atoms with Crippen LogP contribution in [0.1, 0.15) is 47.7 Å². The smallest absolute Gasteiger partial charge is 0.305 e. The molecule has 1 rings (SSSR count). The van der Waals surface area contributed by atoms with Crippen LogP contribution in [0, 0.1) is 13.8 Å². The average Bonchev–Trinajstić information content (AvgIpc) is 2.46. The van der Waals surface area contributed by atoms with Crippen LogP contribution in [0.15, 0.2) is 18.2 Å². The number of hydrogen-bond donors (Lipinski definition) is 2. The molecule has 0 heterocycles. The van der Waals surface area contributed by atoms with Crippen LogP contribution in [0.4, 0.5) is 0 Å². The number of carbonyl (C=O) groups excluding carboxylic acids is 2. The second-order valence-corrected chi connectivity index (χ2v) is 6.35. The first-order valence-electron chi connectivity index (χ1n) is 7.79. The van der Waals surface area contributed by atoms with E-state index in [1.54, 1.807) is 6.92 Å². The first-order valence-corrected chi connectivity index (χ1v) is 7.79. The van der Waals surface area contributed by atoms with Crippen LogP contribution >= 0.6 is 0 Å². The third-order valence-electron chi connectivity index (χ3n) is 3.72. The van der Waals surface area contributed by atoms with Gasteiger partial charge in [0.15, 0.2) is 5.78 Å². The number of benzene rings is 1. The highest BCUT2D eigenvalue weighted by Gasteiger charge is 2.29. The van der Waals surface area contributed by atoms with Crippen molar-refractivity contribution in [1.82, 2.24) is 5.32 Å². The zero-order valence-corrected chi connectivity index (χ0v) is 14.6. The van der Waals surface area contributed by atoms with Crippen molar-refractivity contribution in [2.24, 2.45) is 0 Å². The lowest BCUT2D eigenvalue weighted by molar-refractivity contribution is -0.139. The van der Waals surface area contributed by atoms with Crippen molar-refractivity contribution >= 4 is 17.7 Å². The van der Waals surface area contributed by atoms with E-state index in [0.29, 0.717) is 5.56 Å². The number of carboxylic acids is 1. The van der Waals surface area contributed by atoms with E-state index in [2.05, 4.69) is 5.32 Å². The van der Waals surface area contributed by atoms with E-state index in [9.17, 15) is 14.4 Å². The molecule has 6 nitrogen and oxygen atoms in total. The predicted octanol–water partition coefficient (Wildman–Crippen LogP) is 2.26. The van der Waals surface area contributed by atoms with Crippen molar-refractivity contribution < 1.29 is 24.2 Å². The van der Waals surface area contributed by atoms with Gasteiger partial charge in [0.05, 0.1) is 18.6 Å². The Hall–Kier alpha value is -2.21. The molecule has 0 spiro atoms. The van der Waals surface area contributed by atoms with Crippen LogP contribution in [0.3, 0.4) is 0 Å². The molecule has 0 aliphatic heterocycles. The van der Waals surface area contributed by atoms with Crippen LogP contribution in [0.2, 0.25) is 0 Å². The summed E-state index contributed by atoms with van der Waals surface area (Å²) in [5.74, 6) is -1.49. The van der Waals surface area contributed by atoms with Gasteiger partial charge in [-0.15, -0.1) is 0 Å². The fraction of sp³-hybridized carbons (Fsp3) is 0.500. The SMILES string of the molecule is COCC(C)(CC(=O)O)NC(=O)CCC(=O)c1cc(C)ccc1C. The molecule has 0 saturated carbocycles. The molecular weight excluding hydrogens is 310 g/mol. The summed E-state index contributed by atoms with van der Waals surface area (Å²) in [5.41, 5.74) is 1.48. The number of amides is 1. The fourth-order valence-corrected chi connectivity index (χ4v) is 2.58. The summed E-state index contributed by atoms with van der Waals surface area (Å²) in [6.07, 6.45) is -0.172. The Labute approximate surface area is 142 Å². The van der Waals surface area contributed by atoms with Crippen molar-refractivity contribution in [3.05, 3.63) is 34.9 Å². The Kier molecular flexibility index (Phi) is 7.10. The molecule has 1 unspecified atom stereocenters. The highest BCUT2D eigenvalue weighted by molar-refractivity contribution is 5.99. The zero-order chi connectivity index (χ0) is 18.3. The predicted molar refractivity (Wildman–Crippen MR) is 90.2 cm³/mol. The molecular formula is C18H25NO5. The number of rotatable bonds is 9. The van der Waals surface area contributed by atoms with Gasteiger partial charge >= 0.3 is 5.97 Å². The molecule has 132 valence electrons. The van der Waals surface area contributed by atoms with Gasteiger partial charge in [-0.05, 0) is 32.4 Å². The normalized spacial score (nSPS) is 13.2. The second kappa shape index (κ2) is 8.59. The molecule has 6 heteroatoms. The molecule has 1 aromatic rings. The average molecular weight is 335 g/mol. The largest absolute Gasteiger partial charge is 0.481 e. The van der Waals surface area contributed by atoms with Crippen molar-refractivity contribution in [3.63, 3.8) is 0 Å². The van der Waals surface area contributed by atoms with Gasteiger partial charge in [-0.25, -0.2) is 0 Å². The van der Waals surface area contributed by atoms with Crippen LogP contribution in [0.25, 0.3) is 0 Å². The molecule has 0 saturated heterocycles. The lowest BCUT2D eigenvalue weighted by Gasteiger charge is -2.28. The molecule has 1 aromatic carbocycles. The van der Waals surface area contributed by atoms with E-state index in [1.807, 2.05) is 32.0 Å². The van der Waals surface area contributed by atoms with E-state index in [1.165, 1.54) is 7.11 Å².